The quantitative estimate of drug-likeness (QED) is 0.919. The molecule has 1 fully saturated rings. The van der Waals surface area contributed by atoms with E-state index in [2.05, 4.69) is 36.7 Å². The molecule has 0 saturated carbocycles. The van der Waals surface area contributed by atoms with E-state index in [-0.39, 0.29) is 0 Å². The Balaban J connectivity index is 1.29. The number of hydrogen-bond donors (Lipinski definition) is 1. The molecule has 0 aromatic carbocycles. The highest BCUT2D eigenvalue weighted by Crippen LogP contribution is 2.25. The predicted octanol–water partition coefficient (Wildman–Crippen LogP) is 1.91. The van der Waals surface area contributed by atoms with Crippen LogP contribution in [0.2, 0.25) is 0 Å². The number of thioether (sulfide) groups is 1. The van der Waals surface area contributed by atoms with E-state index in [0.29, 0.717) is 5.92 Å². The van der Waals surface area contributed by atoms with Gasteiger partial charge in [-0.3, -0.25) is 0 Å². The number of rotatable bonds is 4. The van der Waals surface area contributed by atoms with Crippen LogP contribution in [0.4, 0.5) is 11.6 Å². The van der Waals surface area contributed by atoms with Crippen LogP contribution in [0.15, 0.2) is 18.2 Å². The molecule has 0 aliphatic carbocycles. The van der Waals surface area contributed by atoms with Crippen molar-refractivity contribution in [1.82, 2.24) is 20.4 Å². The van der Waals surface area contributed by atoms with Crippen LogP contribution in [0.25, 0.3) is 0 Å². The topological polar surface area (TPSA) is 66.8 Å². The zero-order valence-corrected chi connectivity index (χ0v) is 14.0. The Morgan fingerprint density at radius 3 is 2.96 bits per heavy atom. The van der Waals surface area contributed by atoms with Crippen molar-refractivity contribution in [2.24, 2.45) is 5.92 Å². The molecule has 2 aromatic heterocycles. The fraction of sp³-hybridized carbons (Fsp3) is 0.500. The third-order valence-electron chi connectivity index (χ3n) is 4.34. The molecule has 0 unspecified atom stereocenters. The number of hydrogen-bond acceptors (Lipinski definition) is 7. The van der Waals surface area contributed by atoms with Gasteiger partial charge in [0, 0.05) is 37.7 Å². The minimum Gasteiger partial charge on any atom is -0.368 e. The van der Waals surface area contributed by atoms with Gasteiger partial charge in [0.25, 0.3) is 0 Å². The lowest BCUT2D eigenvalue weighted by atomic mass is 10.0. The summed E-state index contributed by atoms with van der Waals surface area (Å²) in [6.45, 7) is 4.91. The molecule has 1 saturated heterocycles. The number of aromatic nitrogens is 4. The molecule has 6 nitrogen and oxygen atoms in total. The first-order valence-electron chi connectivity index (χ1n) is 8.00. The third-order valence-corrected chi connectivity index (χ3v) is 5.35. The van der Waals surface area contributed by atoms with Crippen molar-refractivity contribution in [3.63, 3.8) is 0 Å². The fourth-order valence-electron chi connectivity index (χ4n) is 2.92. The van der Waals surface area contributed by atoms with Gasteiger partial charge >= 0.3 is 0 Å². The Morgan fingerprint density at radius 2 is 2.13 bits per heavy atom. The fourth-order valence-corrected chi connectivity index (χ4v) is 3.88. The van der Waals surface area contributed by atoms with Gasteiger partial charge in [0.2, 0.25) is 0 Å². The van der Waals surface area contributed by atoms with Gasteiger partial charge in [-0.05, 0) is 36.4 Å². The van der Waals surface area contributed by atoms with E-state index in [4.69, 9.17) is 0 Å². The number of nitrogens with zero attached hydrogens (tertiary/aromatic N) is 5. The molecular formula is C16H20N6S. The van der Waals surface area contributed by atoms with E-state index in [1.165, 1.54) is 11.3 Å². The Labute approximate surface area is 140 Å². The smallest absolute Gasteiger partial charge is 0.151 e. The van der Waals surface area contributed by atoms with E-state index in [1.54, 1.807) is 0 Å². The highest BCUT2D eigenvalue weighted by molar-refractivity contribution is 7.98. The average Bonchev–Trinajstić information content (AvgIpc) is 2.55. The van der Waals surface area contributed by atoms with Crippen molar-refractivity contribution in [3.8, 4) is 0 Å². The van der Waals surface area contributed by atoms with E-state index >= 15 is 0 Å². The summed E-state index contributed by atoms with van der Waals surface area (Å²) in [4.78, 5) is 2.26. The molecule has 2 aliphatic heterocycles. The van der Waals surface area contributed by atoms with Crippen LogP contribution >= 0.6 is 11.8 Å². The summed E-state index contributed by atoms with van der Waals surface area (Å²) in [6.07, 6.45) is 1.04. The third kappa shape index (κ3) is 3.24. The Bertz CT molecular complexity index is 683. The predicted molar refractivity (Wildman–Crippen MR) is 92.9 cm³/mol. The van der Waals surface area contributed by atoms with E-state index in [1.807, 2.05) is 30.8 Å². The summed E-state index contributed by atoms with van der Waals surface area (Å²) in [5.41, 5.74) is 3.46. The van der Waals surface area contributed by atoms with Crippen LogP contribution in [0.5, 0.6) is 0 Å². The van der Waals surface area contributed by atoms with Crippen molar-refractivity contribution in [2.45, 2.75) is 19.1 Å². The summed E-state index contributed by atoms with van der Waals surface area (Å²) in [7, 11) is 0. The first-order chi connectivity index (χ1) is 11.3. The van der Waals surface area contributed by atoms with Crippen molar-refractivity contribution >= 4 is 23.4 Å². The van der Waals surface area contributed by atoms with E-state index < -0.39 is 0 Å². The highest BCUT2D eigenvalue weighted by atomic mass is 32.2. The Hall–Kier alpha value is -1.89. The molecule has 2 aliphatic rings. The lowest BCUT2D eigenvalue weighted by molar-refractivity contribution is 0.425. The van der Waals surface area contributed by atoms with E-state index in [9.17, 15) is 0 Å². The van der Waals surface area contributed by atoms with Gasteiger partial charge in [-0.25, -0.2) is 0 Å². The highest BCUT2D eigenvalue weighted by Gasteiger charge is 2.27. The van der Waals surface area contributed by atoms with Gasteiger partial charge in [0.15, 0.2) is 5.82 Å². The van der Waals surface area contributed by atoms with Gasteiger partial charge in [0.1, 0.15) is 5.82 Å². The van der Waals surface area contributed by atoms with Crippen LogP contribution in [-0.4, -0.2) is 45.8 Å². The molecule has 0 amide bonds. The zero-order chi connectivity index (χ0) is 15.6. The van der Waals surface area contributed by atoms with Crippen molar-refractivity contribution < 1.29 is 0 Å². The van der Waals surface area contributed by atoms with Crippen LogP contribution in [0.1, 0.15) is 17.0 Å². The number of aryl methyl sites for hydroxylation is 2. The van der Waals surface area contributed by atoms with Crippen molar-refractivity contribution in [1.29, 1.82) is 0 Å². The lowest BCUT2D eigenvalue weighted by Crippen LogP contribution is -2.50. The minimum atomic E-state index is 0.616. The molecule has 0 spiro atoms. The van der Waals surface area contributed by atoms with Crippen LogP contribution in [0, 0.1) is 12.8 Å². The molecule has 120 valence electrons. The zero-order valence-electron chi connectivity index (χ0n) is 13.2. The number of nitrogens with one attached hydrogen (secondary N) is 1. The van der Waals surface area contributed by atoms with Gasteiger partial charge in [-0.1, -0.05) is 0 Å². The monoisotopic (exact) mass is 328 g/mol. The molecule has 1 N–H and O–H groups in total. The van der Waals surface area contributed by atoms with Crippen LogP contribution in [0.3, 0.4) is 0 Å². The summed E-state index contributed by atoms with van der Waals surface area (Å²) in [5, 5.41) is 20.4. The molecule has 4 rings (SSSR count). The second kappa shape index (κ2) is 6.31. The molecule has 0 bridgehead atoms. The minimum absolute atomic E-state index is 0.616. The molecule has 0 atom stereocenters. The second-order valence-electron chi connectivity index (χ2n) is 6.19. The lowest BCUT2D eigenvalue weighted by Gasteiger charge is -2.40. The standard InChI is InChI=1S/C16H20N6S/c1-11-2-3-16(21-18-11)22-8-12(9-22)7-17-15-6-13-10-23-5-4-14(13)19-20-15/h2-3,6,12H,4-5,7-10H2,1H3,(H,17,20). The van der Waals surface area contributed by atoms with Gasteiger partial charge in [0.05, 0.1) is 11.4 Å². The maximum atomic E-state index is 4.36. The average molecular weight is 328 g/mol. The molecule has 23 heavy (non-hydrogen) atoms. The largest absolute Gasteiger partial charge is 0.368 e. The molecule has 2 aromatic rings. The van der Waals surface area contributed by atoms with Crippen LogP contribution in [-0.2, 0) is 12.2 Å². The number of fused-ring (bicyclic) bond motifs is 1. The van der Waals surface area contributed by atoms with E-state index in [0.717, 1.165) is 54.9 Å². The summed E-state index contributed by atoms with van der Waals surface area (Å²) >= 11 is 1.97. The van der Waals surface area contributed by atoms with Crippen molar-refractivity contribution in [3.05, 3.63) is 35.2 Å². The Morgan fingerprint density at radius 1 is 1.22 bits per heavy atom. The molecule has 0 radical (unpaired) electrons. The van der Waals surface area contributed by atoms with Gasteiger partial charge < -0.3 is 10.2 Å². The van der Waals surface area contributed by atoms with Crippen LogP contribution < -0.4 is 10.2 Å². The SMILES string of the molecule is Cc1ccc(N2CC(CNc3cc4c(nn3)CCSC4)C2)nn1. The van der Waals surface area contributed by atoms with Crippen molar-refractivity contribution in [2.75, 3.05) is 35.6 Å². The maximum absolute atomic E-state index is 4.36. The maximum Gasteiger partial charge on any atom is 0.151 e. The summed E-state index contributed by atoms with van der Waals surface area (Å²) in [6, 6.07) is 6.21. The molecule has 7 heteroatoms. The first-order valence-corrected chi connectivity index (χ1v) is 9.16. The first kappa shape index (κ1) is 14.7. The Kier molecular flexibility index (Phi) is 4.03. The second-order valence-corrected chi connectivity index (χ2v) is 7.29. The van der Waals surface area contributed by atoms with Gasteiger partial charge in [-0.15, -0.1) is 10.2 Å². The number of anilines is 2. The summed E-state index contributed by atoms with van der Waals surface area (Å²) < 4.78 is 0. The molecule has 4 heterocycles. The molecular weight excluding hydrogens is 308 g/mol. The normalized spacial score (nSPS) is 17.5. The van der Waals surface area contributed by atoms with Gasteiger partial charge in [-0.2, -0.15) is 22.0 Å². The summed E-state index contributed by atoms with van der Waals surface area (Å²) in [5.74, 6) is 4.71.